The lowest BCUT2D eigenvalue weighted by atomic mass is 9.84. The van der Waals surface area contributed by atoms with Gasteiger partial charge in [0.15, 0.2) is 0 Å². The Morgan fingerprint density at radius 3 is 2.60 bits per heavy atom. The van der Waals surface area contributed by atoms with Gasteiger partial charge in [0.1, 0.15) is 5.54 Å². The molecule has 0 aromatic rings. The van der Waals surface area contributed by atoms with Crippen molar-refractivity contribution in [1.29, 1.82) is 0 Å². The Morgan fingerprint density at radius 1 is 1.30 bits per heavy atom. The number of hydrogen-bond donors (Lipinski definition) is 2. The number of rotatable bonds is 7. The highest BCUT2D eigenvalue weighted by Crippen LogP contribution is 2.39. The number of carbonyl (C=O) groups is 1. The molecule has 2 unspecified atom stereocenters. The molecule has 2 aliphatic rings. The average Bonchev–Trinajstić information content (AvgIpc) is 2.99. The van der Waals surface area contributed by atoms with E-state index in [9.17, 15) is 9.90 Å². The number of aliphatic carboxylic acids is 1. The maximum Gasteiger partial charge on any atom is 0.324 e. The molecule has 2 fully saturated rings. The van der Waals surface area contributed by atoms with Gasteiger partial charge < -0.3 is 9.84 Å². The minimum Gasteiger partial charge on any atom is -0.480 e. The maximum atomic E-state index is 11.8. The van der Waals surface area contributed by atoms with Crippen LogP contribution in [0.5, 0.6) is 0 Å². The molecule has 0 bridgehead atoms. The smallest absolute Gasteiger partial charge is 0.324 e. The standard InChI is InChI=1S/C16H29NO3/c1-12(2)17-16(15(18)19)10-5-6-13(16)9-11-20-14-7-3-4-8-14/h12-14,17H,3-11H2,1-2H3,(H,18,19). The second kappa shape index (κ2) is 6.90. The van der Waals surface area contributed by atoms with Crippen LogP contribution in [-0.4, -0.2) is 35.4 Å². The monoisotopic (exact) mass is 283 g/mol. The highest BCUT2D eigenvalue weighted by atomic mass is 16.5. The van der Waals surface area contributed by atoms with E-state index in [0.29, 0.717) is 12.7 Å². The molecule has 0 heterocycles. The fourth-order valence-electron chi connectivity index (χ4n) is 3.95. The molecule has 2 saturated carbocycles. The molecule has 4 nitrogen and oxygen atoms in total. The molecule has 2 rings (SSSR count). The van der Waals surface area contributed by atoms with Crippen molar-refractivity contribution in [3.05, 3.63) is 0 Å². The molecule has 4 heteroatoms. The summed E-state index contributed by atoms with van der Waals surface area (Å²) in [6.45, 7) is 4.76. The summed E-state index contributed by atoms with van der Waals surface area (Å²) in [5, 5.41) is 13.0. The van der Waals surface area contributed by atoms with E-state index in [4.69, 9.17) is 4.74 Å². The molecule has 0 amide bonds. The van der Waals surface area contributed by atoms with Crippen LogP contribution in [0.25, 0.3) is 0 Å². The first-order chi connectivity index (χ1) is 9.54. The second-order valence-corrected chi connectivity index (χ2v) is 6.73. The summed E-state index contributed by atoms with van der Waals surface area (Å²) in [6.07, 6.45) is 8.95. The topological polar surface area (TPSA) is 58.6 Å². The fraction of sp³-hybridized carbons (Fsp3) is 0.938. The van der Waals surface area contributed by atoms with Gasteiger partial charge in [-0.3, -0.25) is 10.1 Å². The average molecular weight is 283 g/mol. The Balaban J connectivity index is 1.88. The molecule has 2 aliphatic carbocycles. The number of carboxylic acid groups (broad SMARTS) is 1. The molecule has 2 N–H and O–H groups in total. The first kappa shape index (κ1) is 15.8. The lowest BCUT2D eigenvalue weighted by Gasteiger charge is -2.34. The van der Waals surface area contributed by atoms with Crippen LogP contribution in [0.4, 0.5) is 0 Å². The van der Waals surface area contributed by atoms with Crippen LogP contribution in [-0.2, 0) is 9.53 Å². The van der Waals surface area contributed by atoms with Gasteiger partial charge in [-0.1, -0.05) is 19.3 Å². The number of nitrogens with one attached hydrogen (secondary N) is 1. The van der Waals surface area contributed by atoms with Gasteiger partial charge in [0.25, 0.3) is 0 Å². The van der Waals surface area contributed by atoms with E-state index in [-0.39, 0.29) is 12.0 Å². The molecule has 116 valence electrons. The van der Waals surface area contributed by atoms with Gasteiger partial charge in [-0.15, -0.1) is 0 Å². The van der Waals surface area contributed by atoms with Crippen molar-refractivity contribution in [2.45, 2.75) is 82.9 Å². The van der Waals surface area contributed by atoms with Gasteiger partial charge in [-0.05, 0) is 51.9 Å². The van der Waals surface area contributed by atoms with Crippen molar-refractivity contribution in [2.75, 3.05) is 6.61 Å². The summed E-state index contributed by atoms with van der Waals surface area (Å²) in [7, 11) is 0. The lowest BCUT2D eigenvalue weighted by Crippen LogP contribution is -2.57. The minimum absolute atomic E-state index is 0.197. The van der Waals surface area contributed by atoms with Crippen molar-refractivity contribution in [2.24, 2.45) is 5.92 Å². The molecule has 0 saturated heterocycles. The molecular formula is C16H29NO3. The van der Waals surface area contributed by atoms with Gasteiger partial charge >= 0.3 is 5.97 Å². The Hall–Kier alpha value is -0.610. The SMILES string of the molecule is CC(C)NC1(C(=O)O)CCCC1CCOC1CCCC1. The van der Waals surface area contributed by atoms with Crippen LogP contribution < -0.4 is 5.32 Å². The summed E-state index contributed by atoms with van der Waals surface area (Å²) < 4.78 is 5.92. The molecule has 20 heavy (non-hydrogen) atoms. The fourth-order valence-corrected chi connectivity index (χ4v) is 3.95. The van der Waals surface area contributed by atoms with E-state index in [1.165, 1.54) is 25.7 Å². The van der Waals surface area contributed by atoms with Crippen molar-refractivity contribution >= 4 is 5.97 Å². The summed E-state index contributed by atoms with van der Waals surface area (Å²) >= 11 is 0. The summed E-state index contributed by atoms with van der Waals surface area (Å²) in [6, 6.07) is 0.197. The van der Waals surface area contributed by atoms with E-state index < -0.39 is 11.5 Å². The predicted molar refractivity (Wildman–Crippen MR) is 78.8 cm³/mol. The lowest BCUT2D eigenvalue weighted by molar-refractivity contribution is -0.147. The highest BCUT2D eigenvalue weighted by Gasteiger charge is 2.49. The number of hydrogen-bond acceptors (Lipinski definition) is 3. The van der Waals surface area contributed by atoms with E-state index in [1.807, 2.05) is 13.8 Å². The Labute approximate surface area is 122 Å². The van der Waals surface area contributed by atoms with Gasteiger partial charge in [0.2, 0.25) is 0 Å². The van der Waals surface area contributed by atoms with Gasteiger partial charge in [-0.25, -0.2) is 0 Å². The Morgan fingerprint density at radius 2 is 2.00 bits per heavy atom. The first-order valence-corrected chi connectivity index (χ1v) is 8.17. The van der Waals surface area contributed by atoms with Crippen LogP contribution in [0.3, 0.4) is 0 Å². The van der Waals surface area contributed by atoms with Crippen LogP contribution in [0.2, 0.25) is 0 Å². The normalized spacial score (nSPS) is 31.2. The zero-order valence-corrected chi connectivity index (χ0v) is 12.9. The van der Waals surface area contributed by atoms with Crippen LogP contribution in [0.15, 0.2) is 0 Å². The quantitative estimate of drug-likeness (QED) is 0.754. The third kappa shape index (κ3) is 3.53. The first-order valence-electron chi connectivity index (χ1n) is 8.17. The van der Waals surface area contributed by atoms with Crippen LogP contribution >= 0.6 is 0 Å². The zero-order valence-electron chi connectivity index (χ0n) is 12.9. The summed E-state index contributed by atoms with van der Waals surface area (Å²) in [5.41, 5.74) is -0.729. The third-order valence-corrected chi connectivity index (χ3v) is 4.87. The molecule has 0 spiro atoms. The molecular weight excluding hydrogens is 254 g/mol. The maximum absolute atomic E-state index is 11.8. The zero-order chi connectivity index (χ0) is 14.6. The van der Waals surface area contributed by atoms with E-state index in [2.05, 4.69) is 5.32 Å². The van der Waals surface area contributed by atoms with Crippen molar-refractivity contribution < 1.29 is 14.6 Å². The molecule has 0 aliphatic heterocycles. The van der Waals surface area contributed by atoms with E-state index in [1.54, 1.807) is 0 Å². The van der Waals surface area contributed by atoms with Crippen molar-refractivity contribution in [3.63, 3.8) is 0 Å². The van der Waals surface area contributed by atoms with Gasteiger partial charge in [0.05, 0.1) is 6.10 Å². The number of ether oxygens (including phenoxy) is 1. The van der Waals surface area contributed by atoms with Gasteiger partial charge in [-0.2, -0.15) is 0 Å². The van der Waals surface area contributed by atoms with E-state index >= 15 is 0 Å². The minimum atomic E-state index is -0.729. The summed E-state index contributed by atoms with van der Waals surface area (Å²) in [4.78, 5) is 11.8. The molecule has 0 aromatic heterocycles. The Kier molecular flexibility index (Phi) is 5.44. The molecule has 2 atom stereocenters. The largest absolute Gasteiger partial charge is 0.480 e. The van der Waals surface area contributed by atoms with Crippen LogP contribution in [0.1, 0.15) is 65.2 Å². The van der Waals surface area contributed by atoms with Crippen LogP contribution in [0, 0.1) is 5.92 Å². The van der Waals surface area contributed by atoms with Crippen molar-refractivity contribution in [3.8, 4) is 0 Å². The highest BCUT2D eigenvalue weighted by molar-refractivity contribution is 5.79. The third-order valence-electron chi connectivity index (χ3n) is 4.87. The number of carboxylic acids is 1. The second-order valence-electron chi connectivity index (χ2n) is 6.73. The van der Waals surface area contributed by atoms with Gasteiger partial charge in [0, 0.05) is 12.6 Å². The predicted octanol–water partition coefficient (Wildman–Crippen LogP) is 2.96. The van der Waals surface area contributed by atoms with E-state index in [0.717, 1.165) is 25.7 Å². The van der Waals surface area contributed by atoms with Crippen molar-refractivity contribution in [1.82, 2.24) is 5.32 Å². The molecule has 0 aromatic carbocycles. The summed E-state index contributed by atoms with van der Waals surface area (Å²) in [5.74, 6) is -0.488. The Bertz CT molecular complexity index is 326. The molecule has 0 radical (unpaired) electrons.